The van der Waals surface area contributed by atoms with Gasteiger partial charge in [0.05, 0.1) is 22.7 Å². The van der Waals surface area contributed by atoms with Gasteiger partial charge in [-0.2, -0.15) is 0 Å². The Kier molecular flexibility index (Phi) is 5.27. The quantitative estimate of drug-likeness (QED) is 0.878. The van der Waals surface area contributed by atoms with Crippen LogP contribution in [0.1, 0.15) is 12.8 Å². The summed E-state index contributed by atoms with van der Waals surface area (Å²) in [5.74, 6) is 0.401. The van der Waals surface area contributed by atoms with Crippen molar-refractivity contribution >= 4 is 34.8 Å². The molecule has 2 N–H and O–H groups in total. The first kappa shape index (κ1) is 15.6. The summed E-state index contributed by atoms with van der Waals surface area (Å²) in [4.78, 5) is 13.9. The second-order valence-corrected chi connectivity index (χ2v) is 6.18. The first-order valence-corrected chi connectivity index (χ1v) is 7.31. The Morgan fingerprint density at radius 1 is 1.40 bits per heavy atom. The van der Waals surface area contributed by atoms with E-state index in [9.17, 15) is 9.90 Å². The highest BCUT2D eigenvalue weighted by Gasteiger charge is 2.28. The molecule has 1 aromatic rings. The number of likely N-dealkylation sites (N-methyl/N-ethyl adjacent to an activating group) is 1. The predicted molar refractivity (Wildman–Crippen MR) is 81.3 cm³/mol. The van der Waals surface area contributed by atoms with Crippen molar-refractivity contribution in [2.75, 3.05) is 25.5 Å². The van der Waals surface area contributed by atoms with Crippen LogP contribution in [-0.4, -0.2) is 42.2 Å². The standard InChI is InChI=1S/C14H18Cl2N2O2/c1-18(7-9-4-11(19)5-9)8-14(20)17-10-2-3-12(15)13(16)6-10/h2-3,6,9,11,19H,4-5,7-8H2,1H3,(H,17,20). The topological polar surface area (TPSA) is 52.6 Å². The molecule has 1 aliphatic carbocycles. The van der Waals surface area contributed by atoms with Crippen LogP contribution in [0.5, 0.6) is 0 Å². The van der Waals surface area contributed by atoms with Crippen molar-refractivity contribution in [2.45, 2.75) is 18.9 Å². The number of aliphatic hydroxyl groups is 1. The number of hydrogen-bond acceptors (Lipinski definition) is 3. The minimum absolute atomic E-state index is 0.0919. The van der Waals surface area contributed by atoms with Crippen LogP contribution >= 0.6 is 23.2 Å². The minimum Gasteiger partial charge on any atom is -0.393 e. The van der Waals surface area contributed by atoms with Gasteiger partial charge in [0, 0.05) is 12.2 Å². The molecule has 1 fully saturated rings. The Labute approximate surface area is 128 Å². The SMILES string of the molecule is CN(CC(=O)Nc1ccc(Cl)c(Cl)c1)CC1CC(O)C1. The zero-order valence-electron chi connectivity index (χ0n) is 11.3. The van der Waals surface area contributed by atoms with Crippen molar-refractivity contribution in [1.29, 1.82) is 0 Å². The Hall–Kier alpha value is -0.810. The third-order valence-electron chi connectivity index (χ3n) is 3.40. The summed E-state index contributed by atoms with van der Waals surface area (Å²) in [6, 6.07) is 5.00. The number of carbonyl (C=O) groups is 1. The molecule has 0 spiro atoms. The summed E-state index contributed by atoms with van der Waals surface area (Å²) in [6.45, 7) is 1.14. The van der Waals surface area contributed by atoms with Crippen LogP contribution in [0.2, 0.25) is 10.0 Å². The van der Waals surface area contributed by atoms with Crippen LogP contribution < -0.4 is 5.32 Å². The van der Waals surface area contributed by atoms with Crippen LogP contribution in [0.25, 0.3) is 0 Å². The summed E-state index contributed by atoms with van der Waals surface area (Å²) >= 11 is 11.7. The lowest BCUT2D eigenvalue weighted by atomic mass is 9.82. The molecule has 1 aliphatic rings. The highest BCUT2D eigenvalue weighted by molar-refractivity contribution is 6.42. The lowest BCUT2D eigenvalue weighted by molar-refractivity contribution is -0.117. The van der Waals surface area contributed by atoms with E-state index in [-0.39, 0.29) is 12.0 Å². The van der Waals surface area contributed by atoms with Crippen molar-refractivity contribution in [3.63, 3.8) is 0 Å². The number of carbonyl (C=O) groups excluding carboxylic acids is 1. The number of rotatable bonds is 5. The molecule has 0 unspecified atom stereocenters. The molecule has 0 heterocycles. The summed E-state index contributed by atoms with van der Waals surface area (Å²) in [5, 5.41) is 12.9. The van der Waals surface area contributed by atoms with Gasteiger partial charge in [0.15, 0.2) is 0 Å². The maximum atomic E-state index is 11.9. The first-order chi connectivity index (χ1) is 9.44. The van der Waals surface area contributed by atoms with Crippen molar-refractivity contribution in [1.82, 2.24) is 4.90 Å². The number of anilines is 1. The molecule has 0 radical (unpaired) electrons. The molecule has 110 valence electrons. The Morgan fingerprint density at radius 3 is 2.70 bits per heavy atom. The number of nitrogens with zero attached hydrogens (tertiary/aromatic N) is 1. The highest BCUT2D eigenvalue weighted by Crippen LogP contribution is 2.27. The molecule has 0 aliphatic heterocycles. The van der Waals surface area contributed by atoms with Crippen molar-refractivity contribution in [3.05, 3.63) is 28.2 Å². The van der Waals surface area contributed by atoms with Crippen LogP contribution in [-0.2, 0) is 4.79 Å². The molecule has 0 bridgehead atoms. The third kappa shape index (κ3) is 4.35. The van der Waals surface area contributed by atoms with Gasteiger partial charge < -0.3 is 10.4 Å². The molecular formula is C14H18Cl2N2O2. The molecule has 0 saturated heterocycles. The summed E-state index contributed by atoms with van der Waals surface area (Å²) in [6.07, 6.45) is 1.51. The van der Waals surface area contributed by atoms with E-state index in [0.29, 0.717) is 28.2 Å². The van der Waals surface area contributed by atoms with Crippen LogP contribution in [0.15, 0.2) is 18.2 Å². The molecule has 20 heavy (non-hydrogen) atoms. The second-order valence-electron chi connectivity index (χ2n) is 5.37. The fourth-order valence-corrected chi connectivity index (χ4v) is 2.67. The molecular weight excluding hydrogens is 299 g/mol. The van der Waals surface area contributed by atoms with Gasteiger partial charge in [-0.25, -0.2) is 0 Å². The van der Waals surface area contributed by atoms with E-state index in [1.54, 1.807) is 18.2 Å². The third-order valence-corrected chi connectivity index (χ3v) is 4.14. The number of amides is 1. The number of aliphatic hydroxyl groups excluding tert-OH is 1. The zero-order chi connectivity index (χ0) is 14.7. The number of hydrogen-bond donors (Lipinski definition) is 2. The first-order valence-electron chi connectivity index (χ1n) is 6.55. The van der Waals surface area contributed by atoms with Gasteiger partial charge in [0.1, 0.15) is 0 Å². The highest BCUT2D eigenvalue weighted by atomic mass is 35.5. The molecule has 1 amide bonds. The molecule has 0 atom stereocenters. The lowest BCUT2D eigenvalue weighted by Crippen LogP contribution is -2.39. The molecule has 6 heteroatoms. The summed E-state index contributed by atoms with van der Waals surface area (Å²) < 4.78 is 0. The lowest BCUT2D eigenvalue weighted by Gasteiger charge is -2.34. The maximum absolute atomic E-state index is 11.9. The van der Waals surface area contributed by atoms with E-state index in [2.05, 4.69) is 5.32 Å². The Bertz CT molecular complexity index is 490. The van der Waals surface area contributed by atoms with E-state index >= 15 is 0 Å². The average Bonchev–Trinajstić information content (AvgIpc) is 2.31. The number of nitrogens with one attached hydrogen (secondary N) is 1. The van der Waals surface area contributed by atoms with Gasteiger partial charge in [-0.15, -0.1) is 0 Å². The van der Waals surface area contributed by atoms with Gasteiger partial charge in [0.25, 0.3) is 0 Å². The minimum atomic E-state index is -0.154. The van der Waals surface area contributed by atoms with Gasteiger partial charge >= 0.3 is 0 Å². The van der Waals surface area contributed by atoms with Crippen LogP contribution in [0.3, 0.4) is 0 Å². The normalized spacial score (nSPS) is 21.6. The maximum Gasteiger partial charge on any atom is 0.238 e. The largest absolute Gasteiger partial charge is 0.393 e. The van der Waals surface area contributed by atoms with Crippen molar-refractivity contribution in [2.24, 2.45) is 5.92 Å². The summed E-state index contributed by atoms with van der Waals surface area (Å²) in [7, 11) is 1.90. The fraction of sp³-hybridized carbons (Fsp3) is 0.500. The Balaban J connectivity index is 1.78. The van der Waals surface area contributed by atoms with Gasteiger partial charge in [-0.3, -0.25) is 9.69 Å². The van der Waals surface area contributed by atoms with Crippen LogP contribution in [0.4, 0.5) is 5.69 Å². The zero-order valence-corrected chi connectivity index (χ0v) is 12.8. The summed E-state index contributed by atoms with van der Waals surface area (Å²) in [5.41, 5.74) is 0.636. The number of halogens is 2. The van der Waals surface area contributed by atoms with E-state index in [0.717, 1.165) is 19.4 Å². The van der Waals surface area contributed by atoms with Crippen molar-refractivity contribution < 1.29 is 9.90 Å². The smallest absolute Gasteiger partial charge is 0.238 e. The fourth-order valence-electron chi connectivity index (χ4n) is 2.37. The molecule has 4 nitrogen and oxygen atoms in total. The molecule has 0 aromatic heterocycles. The van der Waals surface area contributed by atoms with Crippen LogP contribution in [0, 0.1) is 5.92 Å². The van der Waals surface area contributed by atoms with Gasteiger partial charge in [0.2, 0.25) is 5.91 Å². The number of benzene rings is 1. The molecule has 1 saturated carbocycles. The van der Waals surface area contributed by atoms with E-state index < -0.39 is 0 Å². The second kappa shape index (κ2) is 6.76. The molecule has 2 rings (SSSR count). The average molecular weight is 317 g/mol. The van der Waals surface area contributed by atoms with Crippen molar-refractivity contribution in [3.8, 4) is 0 Å². The van der Waals surface area contributed by atoms with E-state index in [1.807, 2.05) is 11.9 Å². The molecule has 1 aromatic carbocycles. The van der Waals surface area contributed by atoms with E-state index in [4.69, 9.17) is 23.2 Å². The van der Waals surface area contributed by atoms with Gasteiger partial charge in [-0.05, 0) is 44.0 Å². The van der Waals surface area contributed by atoms with E-state index in [1.165, 1.54) is 0 Å². The van der Waals surface area contributed by atoms with Gasteiger partial charge in [-0.1, -0.05) is 23.2 Å². The Morgan fingerprint density at radius 2 is 2.10 bits per heavy atom. The monoisotopic (exact) mass is 316 g/mol. The predicted octanol–water partition coefficient (Wildman–Crippen LogP) is 2.63.